The van der Waals surface area contributed by atoms with Gasteiger partial charge in [-0.25, -0.2) is 0 Å². The Labute approximate surface area is 157 Å². The molecule has 0 aromatic rings. The molecule has 0 aromatic heterocycles. The Kier molecular flexibility index (Phi) is 5.30. The fraction of sp³-hybridized carbons (Fsp3) is 1.00. The second kappa shape index (κ2) is 5.60. The topological polar surface area (TPSA) is 0 Å². The van der Waals surface area contributed by atoms with Crippen molar-refractivity contribution in [2.24, 2.45) is 16.7 Å². The Morgan fingerprint density at radius 1 is 1.00 bits per heavy atom. The highest BCUT2D eigenvalue weighted by Crippen LogP contribution is 2.79. The lowest BCUT2D eigenvalue weighted by atomic mass is 9.69. The molecule has 2 saturated carbocycles. The predicted octanol–water partition coefficient (Wildman–Crippen LogP) is 6.23. The first-order valence-corrected chi connectivity index (χ1v) is 9.30. The van der Waals surface area contributed by atoms with Crippen molar-refractivity contribution in [3.05, 3.63) is 0 Å². The van der Waals surface area contributed by atoms with Crippen molar-refractivity contribution in [2.75, 3.05) is 5.88 Å². The maximum atomic E-state index is 6.46. The number of alkyl halides is 9. The summed E-state index contributed by atoms with van der Waals surface area (Å²) in [5, 5.41) is -1.13. The summed E-state index contributed by atoms with van der Waals surface area (Å²) < 4.78 is -1.29. The minimum Gasteiger partial charge on any atom is -0.126 e. The van der Waals surface area contributed by atoms with Crippen molar-refractivity contribution in [3.63, 3.8) is 0 Å². The molecule has 5 atom stereocenters. The van der Waals surface area contributed by atoms with Gasteiger partial charge >= 0.3 is 0 Å². The number of hydrogen-bond acceptors (Lipinski definition) is 0. The van der Waals surface area contributed by atoms with Crippen LogP contribution in [0.15, 0.2) is 0 Å². The summed E-state index contributed by atoms with van der Waals surface area (Å²) in [5.74, 6) is -0.192. The predicted molar refractivity (Wildman–Crippen MR) is 88.4 cm³/mol. The van der Waals surface area contributed by atoms with Gasteiger partial charge in [0.1, 0.15) is 14.0 Å². The third-order valence-corrected chi connectivity index (χ3v) is 8.71. The normalized spacial score (nSPS) is 48.5. The van der Waals surface area contributed by atoms with Gasteiger partial charge in [-0.1, -0.05) is 0 Å². The van der Waals surface area contributed by atoms with Crippen LogP contribution in [0.5, 0.6) is 0 Å². The van der Waals surface area contributed by atoms with Crippen LogP contribution < -0.4 is 0 Å². The van der Waals surface area contributed by atoms with E-state index in [1.165, 1.54) is 0 Å². The maximum absolute atomic E-state index is 6.46. The lowest BCUT2D eigenvalue weighted by Gasteiger charge is -2.50. The van der Waals surface area contributed by atoms with E-state index in [1.807, 2.05) is 0 Å². The molecule has 0 radical (unpaired) electrons. The highest BCUT2D eigenvalue weighted by Gasteiger charge is 2.84. The molecule has 0 N–H and O–H groups in total. The molecule has 2 fully saturated rings. The molecule has 112 valence electrons. The van der Waals surface area contributed by atoms with Gasteiger partial charge in [-0.3, -0.25) is 0 Å². The highest BCUT2D eigenvalue weighted by atomic mass is 35.5. The van der Waals surface area contributed by atoms with Gasteiger partial charge in [0.05, 0.1) is 16.2 Å². The third kappa shape index (κ3) is 1.94. The summed E-state index contributed by atoms with van der Waals surface area (Å²) in [5.41, 5.74) is -2.12. The zero-order valence-electron chi connectivity index (χ0n) is 9.20. The van der Waals surface area contributed by atoms with Crippen LogP contribution in [0.2, 0.25) is 0 Å². The summed E-state index contributed by atoms with van der Waals surface area (Å²) in [7, 11) is 0. The molecule has 0 heterocycles. The Morgan fingerprint density at radius 2 is 1.53 bits per heavy atom. The quantitative estimate of drug-likeness (QED) is 0.450. The smallest absolute Gasteiger partial charge is 0.126 e. The summed E-state index contributed by atoms with van der Waals surface area (Å²) in [6, 6.07) is 0. The van der Waals surface area contributed by atoms with Gasteiger partial charge < -0.3 is 0 Å². The molecular weight excluding hydrogens is 439 g/mol. The van der Waals surface area contributed by atoms with Gasteiger partial charge in [0.2, 0.25) is 0 Å². The lowest BCUT2D eigenvalue weighted by Crippen LogP contribution is -2.58. The molecule has 0 amide bonds. The van der Waals surface area contributed by atoms with Crippen molar-refractivity contribution in [1.82, 2.24) is 0 Å². The van der Waals surface area contributed by atoms with Gasteiger partial charge in [-0.15, -0.1) is 104 Å². The Balaban J connectivity index is 2.74. The number of fused-ring (bicyclic) bond motifs is 2. The van der Waals surface area contributed by atoms with E-state index in [0.29, 0.717) is 6.42 Å². The molecule has 0 aromatic carbocycles. The molecule has 9 heteroatoms. The van der Waals surface area contributed by atoms with E-state index in [4.69, 9.17) is 104 Å². The Morgan fingerprint density at radius 3 is 1.84 bits per heavy atom. The summed E-state index contributed by atoms with van der Waals surface area (Å²) >= 11 is 56.7. The summed E-state index contributed by atoms with van der Waals surface area (Å²) in [6.45, 7) is 0. The van der Waals surface area contributed by atoms with Crippen LogP contribution in [0.1, 0.15) is 6.42 Å². The first kappa shape index (κ1) is 18.0. The first-order valence-electron chi connectivity index (χ1n) is 5.39. The summed E-state index contributed by atoms with van der Waals surface area (Å²) in [4.78, 5) is -1.89. The van der Waals surface area contributed by atoms with E-state index in [9.17, 15) is 0 Å². The fourth-order valence-electron chi connectivity index (χ4n) is 3.68. The van der Waals surface area contributed by atoms with Crippen molar-refractivity contribution >= 4 is 104 Å². The van der Waals surface area contributed by atoms with E-state index < -0.39 is 35.6 Å². The van der Waals surface area contributed by atoms with Crippen LogP contribution in [0, 0.1) is 16.7 Å². The summed E-state index contributed by atoms with van der Waals surface area (Å²) in [6.07, 6.45) is 0.339. The zero-order valence-corrected chi connectivity index (χ0v) is 16.0. The third-order valence-electron chi connectivity index (χ3n) is 4.57. The van der Waals surface area contributed by atoms with Gasteiger partial charge in [0, 0.05) is 11.3 Å². The minimum atomic E-state index is -1.29. The monoisotopic (exact) mass is 444 g/mol. The van der Waals surface area contributed by atoms with Crippen LogP contribution in [-0.2, 0) is 0 Å². The average molecular weight is 448 g/mol. The van der Waals surface area contributed by atoms with Crippen molar-refractivity contribution in [3.8, 4) is 0 Å². The highest BCUT2D eigenvalue weighted by molar-refractivity contribution is 6.54. The van der Waals surface area contributed by atoms with E-state index >= 15 is 0 Å². The van der Waals surface area contributed by atoms with Crippen LogP contribution in [-0.4, -0.2) is 30.6 Å². The molecule has 0 saturated heterocycles. The van der Waals surface area contributed by atoms with Gasteiger partial charge in [0.15, 0.2) is 0 Å². The number of halogens is 9. The molecule has 2 aliphatic carbocycles. The molecule has 2 rings (SSSR count). The van der Waals surface area contributed by atoms with Gasteiger partial charge in [-0.2, -0.15) is 0 Å². The lowest BCUT2D eigenvalue weighted by molar-refractivity contribution is 0.137. The largest absolute Gasteiger partial charge is 0.129 e. The number of hydrogen-bond donors (Lipinski definition) is 0. The molecule has 2 aliphatic rings. The van der Waals surface area contributed by atoms with Crippen LogP contribution in [0.3, 0.4) is 0 Å². The SMILES string of the molecule is ClC[C@]1(C(Cl)Cl)[C@@H]2CC(Cl)(Cl)C1(C(Cl)Cl)[C@H](Cl)[C@H]2Cl. The fourth-order valence-corrected chi connectivity index (χ4v) is 9.10. The van der Waals surface area contributed by atoms with Crippen LogP contribution >= 0.6 is 104 Å². The second-order valence-corrected chi connectivity index (χ2v) is 9.92. The van der Waals surface area contributed by atoms with E-state index in [2.05, 4.69) is 0 Å². The Hall–Kier alpha value is 2.61. The maximum Gasteiger partial charge on any atom is 0.129 e. The number of rotatable bonds is 3. The van der Waals surface area contributed by atoms with Crippen LogP contribution in [0.4, 0.5) is 0 Å². The molecule has 0 nitrogen and oxygen atoms in total. The van der Waals surface area contributed by atoms with Crippen molar-refractivity contribution < 1.29 is 0 Å². The van der Waals surface area contributed by atoms with Crippen molar-refractivity contribution in [2.45, 2.75) is 31.2 Å². The second-order valence-electron chi connectivity index (χ2n) is 5.01. The van der Waals surface area contributed by atoms with Gasteiger partial charge in [0.25, 0.3) is 0 Å². The molecule has 1 unspecified atom stereocenters. The average Bonchev–Trinajstić information content (AvgIpc) is 2.62. The molecule has 2 bridgehead atoms. The van der Waals surface area contributed by atoms with E-state index in [-0.39, 0.29) is 11.8 Å². The molecular formula is C10H9Cl9. The molecule has 0 aliphatic heterocycles. The minimum absolute atomic E-state index is 0.0684. The zero-order chi connectivity index (χ0) is 14.8. The van der Waals surface area contributed by atoms with Crippen molar-refractivity contribution in [1.29, 1.82) is 0 Å². The van der Waals surface area contributed by atoms with Gasteiger partial charge in [-0.05, 0) is 12.3 Å². The molecule has 19 heavy (non-hydrogen) atoms. The Bertz CT molecular complexity index is 370. The first-order chi connectivity index (χ1) is 8.61. The van der Waals surface area contributed by atoms with E-state index in [0.717, 1.165) is 0 Å². The molecule has 0 spiro atoms. The van der Waals surface area contributed by atoms with E-state index in [1.54, 1.807) is 0 Å². The van der Waals surface area contributed by atoms with Crippen LogP contribution in [0.25, 0.3) is 0 Å². The standard InChI is InChI=1S/C10H9Cl9/c11-2-8(6(14)15)3-1-9(18,19)10(8,7(16)17)5(13)4(3)12/h3-7H,1-2H2/t3-,4+,5-,8-,10?/m1/s1.